The topological polar surface area (TPSA) is 116 Å². The molecule has 1 heterocycles. The zero-order valence-electron chi connectivity index (χ0n) is 14.8. The fourth-order valence-corrected chi connectivity index (χ4v) is 4.24. The molecule has 0 aromatic heterocycles. The van der Waals surface area contributed by atoms with Gasteiger partial charge in [-0.05, 0) is 32.3 Å². The maximum atomic E-state index is 12.7. The molecule has 0 amide bonds. The molecule has 3 unspecified atom stereocenters. The largest absolute Gasteiger partial charge is 0.480 e. The van der Waals surface area contributed by atoms with E-state index >= 15 is 0 Å². The summed E-state index contributed by atoms with van der Waals surface area (Å²) in [5.74, 6) is -1.97. The van der Waals surface area contributed by atoms with Crippen molar-refractivity contribution in [2.75, 3.05) is 5.75 Å². The van der Waals surface area contributed by atoms with Gasteiger partial charge in [0.25, 0.3) is 0 Å². The Morgan fingerprint density at radius 3 is 2.50 bits per heavy atom. The van der Waals surface area contributed by atoms with Crippen LogP contribution in [0.4, 0.5) is 0 Å². The van der Waals surface area contributed by atoms with E-state index in [1.807, 2.05) is 30.3 Å². The Labute approximate surface area is 156 Å². The molecule has 0 bridgehead atoms. The van der Waals surface area contributed by atoms with Gasteiger partial charge in [0.05, 0.1) is 6.04 Å². The van der Waals surface area contributed by atoms with Crippen molar-refractivity contribution >= 4 is 29.5 Å². The Balaban J connectivity index is 1.96. The first-order valence-electron chi connectivity index (χ1n) is 8.44. The lowest BCUT2D eigenvalue weighted by molar-refractivity contribution is -0.140. The molecule has 0 spiro atoms. The average molecular weight is 380 g/mol. The van der Waals surface area contributed by atoms with Crippen molar-refractivity contribution in [2.24, 2.45) is 0 Å². The van der Waals surface area contributed by atoms with E-state index in [0.717, 1.165) is 5.56 Å². The number of hydrogen-bond acceptors (Lipinski definition) is 6. The van der Waals surface area contributed by atoms with Crippen molar-refractivity contribution in [1.29, 1.82) is 0 Å². The van der Waals surface area contributed by atoms with Crippen LogP contribution in [0.5, 0.6) is 0 Å². The van der Waals surface area contributed by atoms with E-state index in [1.54, 1.807) is 13.8 Å². The molecule has 0 radical (unpaired) electrons. The van der Waals surface area contributed by atoms with Gasteiger partial charge in [-0.2, -0.15) is 0 Å². The van der Waals surface area contributed by atoms with Crippen LogP contribution in [0.15, 0.2) is 30.3 Å². The van der Waals surface area contributed by atoms with Crippen molar-refractivity contribution in [3.8, 4) is 0 Å². The first-order valence-corrected chi connectivity index (χ1v) is 9.43. The summed E-state index contributed by atoms with van der Waals surface area (Å²) in [6, 6.07) is 7.19. The van der Waals surface area contributed by atoms with Gasteiger partial charge in [-0.3, -0.25) is 25.0 Å². The van der Waals surface area contributed by atoms with Gasteiger partial charge >= 0.3 is 11.9 Å². The molecule has 1 aliphatic heterocycles. The van der Waals surface area contributed by atoms with Crippen LogP contribution in [0.3, 0.4) is 0 Å². The van der Waals surface area contributed by atoms with E-state index in [0.29, 0.717) is 18.6 Å². The van der Waals surface area contributed by atoms with Crippen LogP contribution in [-0.2, 0) is 20.8 Å². The summed E-state index contributed by atoms with van der Waals surface area (Å²) < 4.78 is 0. The fourth-order valence-electron chi connectivity index (χ4n) is 2.97. The quantitative estimate of drug-likeness (QED) is 0.504. The lowest BCUT2D eigenvalue weighted by atomic mass is 10.0. The van der Waals surface area contributed by atoms with E-state index < -0.39 is 34.9 Å². The summed E-state index contributed by atoms with van der Waals surface area (Å²) in [6.07, 6.45) is 0.934. The first kappa shape index (κ1) is 20.4. The lowest BCUT2D eigenvalue weighted by Gasteiger charge is -2.28. The summed E-state index contributed by atoms with van der Waals surface area (Å²) in [4.78, 5) is 34.3. The molecule has 2 rings (SSSR count). The number of nitrogens with one attached hydrogen (secondary N) is 2. The molecule has 7 nitrogen and oxygen atoms in total. The third kappa shape index (κ3) is 5.06. The van der Waals surface area contributed by atoms with Crippen LogP contribution in [-0.4, -0.2) is 56.7 Å². The summed E-state index contributed by atoms with van der Waals surface area (Å²) in [5.41, 5.74) is 1.03. The van der Waals surface area contributed by atoms with Gasteiger partial charge in [-0.15, -0.1) is 11.8 Å². The Bertz CT molecular complexity index is 669. The van der Waals surface area contributed by atoms with Gasteiger partial charge in [-0.25, -0.2) is 0 Å². The number of carboxylic acid groups (broad SMARTS) is 2. The summed E-state index contributed by atoms with van der Waals surface area (Å²) in [7, 11) is 0. The number of ketones is 1. The number of aryl methyl sites for hydroxylation is 1. The van der Waals surface area contributed by atoms with Crippen LogP contribution in [0.2, 0.25) is 0 Å². The van der Waals surface area contributed by atoms with E-state index in [9.17, 15) is 19.5 Å². The third-order valence-corrected chi connectivity index (χ3v) is 5.86. The smallest absolute Gasteiger partial charge is 0.321 e. The van der Waals surface area contributed by atoms with Gasteiger partial charge in [0, 0.05) is 5.75 Å². The number of rotatable bonds is 9. The van der Waals surface area contributed by atoms with Crippen LogP contribution >= 0.6 is 11.8 Å². The van der Waals surface area contributed by atoms with E-state index in [2.05, 4.69) is 10.6 Å². The molecule has 1 fully saturated rings. The predicted molar refractivity (Wildman–Crippen MR) is 99.2 cm³/mol. The van der Waals surface area contributed by atoms with Crippen LogP contribution < -0.4 is 10.6 Å². The van der Waals surface area contributed by atoms with Gasteiger partial charge in [0.1, 0.15) is 17.0 Å². The average Bonchev–Trinajstić information content (AvgIpc) is 3.02. The van der Waals surface area contributed by atoms with Crippen molar-refractivity contribution in [3.63, 3.8) is 0 Å². The monoisotopic (exact) mass is 380 g/mol. The van der Waals surface area contributed by atoms with Gasteiger partial charge < -0.3 is 10.2 Å². The number of carbonyl (C=O) groups excluding carboxylic acids is 1. The number of carboxylic acids is 2. The zero-order chi connectivity index (χ0) is 19.3. The SMILES string of the molecule is C[C@H](NC(CCc1ccccc1)C(=O)O)C(=O)C1(C)NC(C(=O)O)CS1. The minimum Gasteiger partial charge on any atom is -0.480 e. The van der Waals surface area contributed by atoms with Crippen LogP contribution in [0, 0.1) is 0 Å². The molecule has 1 aromatic rings. The minimum atomic E-state index is -1.04. The molecule has 1 aliphatic rings. The van der Waals surface area contributed by atoms with E-state index in [-0.39, 0.29) is 5.78 Å². The highest BCUT2D eigenvalue weighted by Crippen LogP contribution is 2.32. The lowest BCUT2D eigenvalue weighted by Crippen LogP contribution is -2.56. The molecular weight excluding hydrogens is 356 g/mol. The molecule has 142 valence electrons. The molecule has 0 saturated carbocycles. The molecule has 1 saturated heterocycles. The maximum Gasteiger partial charge on any atom is 0.321 e. The number of hydrogen-bond donors (Lipinski definition) is 4. The second-order valence-corrected chi connectivity index (χ2v) is 7.99. The zero-order valence-corrected chi connectivity index (χ0v) is 15.6. The molecule has 8 heteroatoms. The van der Waals surface area contributed by atoms with E-state index in [4.69, 9.17) is 5.11 Å². The number of thioether (sulfide) groups is 1. The number of carbonyl (C=O) groups is 3. The molecule has 4 atom stereocenters. The summed E-state index contributed by atoms with van der Waals surface area (Å²) in [6.45, 7) is 3.25. The maximum absolute atomic E-state index is 12.7. The van der Waals surface area contributed by atoms with Gasteiger partial charge in [0.2, 0.25) is 0 Å². The summed E-state index contributed by atoms with van der Waals surface area (Å²) >= 11 is 1.23. The van der Waals surface area contributed by atoms with Gasteiger partial charge in [0.15, 0.2) is 5.78 Å². The van der Waals surface area contributed by atoms with Crippen molar-refractivity contribution < 1.29 is 24.6 Å². The highest BCUT2D eigenvalue weighted by atomic mass is 32.2. The Hall–Kier alpha value is -1.90. The second-order valence-electron chi connectivity index (χ2n) is 6.55. The highest BCUT2D eigenvalue weighted by Gasteiger charge is 2.45. The van der Waals surface area contributed by atoms with Crippen molar-refractivity contribution in [1.82, 2.24) is 10.6 Å². The van der Waals surface area contributed by atoms with Gasteiger partial charge in [-0.1, -0.05) is 30.3 Å². The minimum absolute atomic E-state index is 0.253. The third-order valence-electron chi connectivity index (χ3n) is 4.46. The summed E-state index contributed by atoms with van der Waals surface area (Å²) in [5, 5.41) is 24.3. The van der Waals surface area contributed by atoms with Crippen LogP contribution in [0.1, 0.15) is 25.8 Å². The number of Topliss-reactive ketones (excluding diaryl/α,β-unsaturated/α-hetero) is 1. The normalized spacial score (nSPS) is 24.8. The number of aliphatic carboxylic acids is 2. The molecular formula is C18H24N2O5S. The first-order chi connectivity index (χ1) is 12.2. The molecule has 4 N–H and O–H groups in total. The standard InChI is InChI=1S/C18H24N2O5S/c1-11(15(21)18(2)20-14(10-26-18)17(24)25)19-13(16(22)23)9-8-12-6-4-3-5-7-12/h3-7,11,13-14,19-20H,8-10H2,1-2H3,(H,22,23)(H,24,25)/t11-,13?,14?,18?/m0/s1. The number of benzene rings is 1. The predicted octanol–water partition coefficient (Wildman–Crippen LogP) is 1.13. The Morgan fingerprint density at radius 2 is 1.96 bits per heavy atom. The second kappa shape index (κ2) is 8.66. The molecule has 1 aromatic carbocycles. The van der Waals surface area contributed by atoms with E-state index in [1.165, 1.54) is 11.8 Å². The molecule has 0 aliphatic carbocycles. The van der Waals surface area contributed by atoms with Crippen molar-refractivity contribution in [3.05, 3.63) is 35.9 Å². The van der Waals surface area contributed by atoms with Crippen molar-refractivity contribution in [2.45, 2.75) is 49.7 Å². The Kier molecular flexibility index (Phi) is 6.80. The Morgan fingerprint density at radius 1 is 1.31 bits per heavy atom. The fraction of sp³-hybridized carbons (Fsp3) is 0.500. The highest BCUT2D eigenvalue weighted by molar-refractivity contribution is 8.01. The van der Waals surface area contributed by atoms with Crippen LogP contribution in [0.25, 0.3) is 0 Å². The molecule has 26 heavy (non-hydrogen) atoms.